The van der Waals surface area contributed by atoms with Crippen molar-refractivity contribution in [1.29, 1.82) is 0 Å². The van der Waals surface area contributed by atoms with Gasteiger partial charge in [-0.2, -0.15) is 5.10 Å². The number of nitrogens with one attached hydrogen (secondary N) is 2. The van der Waals surface area contributed by atoms with Gasteiger partial charge in [-0.1, -0.05) is 6.07 Å². The molecule has 0 aliphatic carbocycles. The van der Waals surface area contributed by atoms with Crippen molar-refractivity contribution in [2.24, 2.45) is 4.99 Å². The molecule has 1 saturated heterocycles. The molecule has 33 heavy (non-hydrogen) atoms. The van der Waals surface area contributed by atoms with Gasteiger partial charge in [0, 0.05) is 51.0 Å². The lowest BCUT2D eigenvalue weighted by Crippen LogP contribution is -2.49. The summed E-state index contributed by atoms with van der Waals surface area (Å²) in [6.07, 6.45) is 4.54. The molecule has 0 amide bonds. The van der Waals surface area contributed by atoms with E-state index in [1.807, 2.05) is 18.3 Å². The number of nitrogens with zero attached hydrogens (tertiary/aromatic N) is 4. The average Bonchev–Trinajstić information content (AvgIpc) is 3.28. The Morgan fingerprint density at radius 3 is 2.48 bits per heavy atom. The van der Waals surface area contributed by atoms with Crippen LogP contribution >= 0.6 is 24.0 Å². The third-order valence-corrected chi connectivity index (χ3v) is 5.64. The molecule has 0 atom stereocenters. The third-order valence-electron chi connectivity index (χ3n) is 5.64. The predicted octanol–water partition coefficient (Wildman–Crippen LogP) is 4.15. The number of aromatic nitrogens is 2. The minimum Gasteiger partial charge on any atom is -0.371 e. The highest BCUT2D eigenvalue weighted by molar-refractivity contribution is 14.0. The molecular weight excluding hydrogens is 537 g/mol. The number of hydrogen-bond donors (Lipinski definition) is 2. The topological polar surface area (TPSA) is 57.5 Å². The Hall–Kier alpha value is -2.69. The van der Waals surface area contributed by atoms with Gasteiger partial charge in [-0.25, -0.2) is 13.5 Å². The first-order chi connectivity index (χ1) is 15.6. The molecule has 2 heterocycles. The Morgan fingerprint density at radius 1 is 1.03 bits per heavy atom. The smallest absolute Gasteiger partial charge is 0.191 e. The molecule has 1 aromatic heterocycles. The van der Waals surface area contributed by atoms with E-state index in [0.717, 1.165) is 55.4 Å². The minimum atomic E-state index is -0.260. The largest absolute Gasteiger partial charge is 0.371 e. The van der Waals surface area contributed by atoms with Crippen LogP contribution in [0.25, 0.3) is 5.69 Å². The van der Waals surface area contributed by atoms with E-state index in [4.69, 9.17) is 0 Å². The maximum Gasteiger partial charge on any atom is 0.191 e. The molecule has 1 aliphatic heterocycles. The van der Waals surface area contributed by atoms with Crippen LogP contribution in [-0.2, 0) is 6.42 Å². The first-order valence-corrected chi connectivity index (χ1v) is 10.9. The van der Waals surface area contributed by atoms with Crippen LogP contribution in [0.3, 0.4) is 0 Å². The van der Waals surface area contributed by atoms with Crippen LogP contribution in [0.1, 0.15) is 18.5 Å². The third kappa shape index (κ3) is 6.89. The predicted molar refractivity (Wildman–Crippen MR) is 139 cm³/mol. The molecule has 0 radical (unpaired) electrons. The molecule has 4 rings (SSSR count). The van der Waals surface area contributed by atoms with E-state index in [1.54, 1.807) is 36.0 Å². The zero-order valence-corrected chi connectivity index (χ0v) is 20.9. The quantitative estimate of drug-likeness (QED) is 0.268. The Balaban J connectivity index is 0.00000306. The van der Waals surface area contributed by atoms with Gasteiger partial charge in [-0.05, 0) is 61.4 Å². The van der Waals surface area contributed by atoms with Gasteiger partial charge in [0.15, 0.2) is 5.96 Å². The Labute approximate surface area is 210 Å². The molecule has 1 fully saturated rings. The van der Waals surface area contributed by atoms with E-state index in [-0.39, 0.29) is 35.6 Å². The van der Waals surface area contributed by atoms with Crippen LogP contribution in [0.5, 0.6) is 0 Å². The zero-order chi connectivity index (χ0) is 22.3. The second kappa shape index (κ2) is 12.0. The van der Waals surface area contributed by atoms with E-state index in [9.17, 15) is 8.78 Å². The second-order valence-corrected chi connectivity index (χ2v) is 7.86. The van der Waals surface area contributed by atoms with Crippen LogP contribution < -0.4 is 15.5 Å². The number of anilines is 1. The number of rotatable bonds is 6. The molecule has 0 spiro atoms. The van der Waals surface area contributed by atoms with Gasteiger partial charge >= 0.3 is 0 Å². The molecule has 176 valence electrons. The molecule has 0 saturated carbocycles. The molecule has 6 nitrogen and oxygen atoms in total. The molecular formula is C24H29F2IN6. The van der Waals surface area contributed by atoms with E-state index in [2.05, 4.69) is 25.6 Å². The minimum absolute atomic E-state index is 0. The van der Waals surface area contributed by atoms with Gasteiger partial charge in [-0.3, -0.25) is 4.99 Å². The fourth-order valence-corrected chi connectivity index (χ4v) is 3.88. The van der Waals surface area contributed by atoms with Crippen LogP contribution in [0.15, 0.2) is 65.8 Å². The lowest BCUT2D eigenvalue weighted by Gasteiger charge is -2.34. The number of aliphatic imine (C=N–C) groups is 1. The van der Waals surface area contributed by atoms with Gasteiger partial charge in [0.2, 0.25) is 0 Å². The fourth-order valence-electron chi connectivity index (χ4n) is 3.88. The van der Waals surface area contributed by atoms with E-state index >= 15 is 0 Å². The molecule has 1 aliphatic rings. The molecule has 3 aromatic rings. The zero-order valence-electron chi connectivity index (χ0n) is 18.5. The van der Waals surface area contributed by atoms with Crippen molar-refractivity contribution in [3.05, 3.63) is 78.1 Å². The van der Waals surface area contributed by atoms with E-state index in [0.29, 0.717) is 12.6 Å². The summed E-state index contributed by atoms with van der Waals surface area (Å²) in [5.74, 6) is 0.311. The van der Waals surface area contributed by atoms with Crippen molar-refractivity contribution in [2.45, 2.75) is 25.3 Å². The van der Waals surface area contributed by atoms with Crippen LogP contribution in [0.4, 0.5) is 14.5 Å². The van der Waals surface area contributed by atoms with Gasteiger partial charge in [0.25, 0.3) is 0 Å². The van der Waals surface area contributed by atoms with Crippen LogP contribution in [0, 0.1) is 11.6 Å². The van der Waals surface area contributed by atoms with Crippen molar-refractivity contribution in [1.82, 2.24) is 20.4 Å². The summed E-state index contributed by atoms with van der Waals surface area (Å²) >= 11 is 0. The average molecular weight is 566 g/mol. The highest BCUT2D eigenvalue weighted by Crippen LogP contribution is 2.20. The van der Waals surface area contributed by atoms with Gasteiger partial charge in [0.05, 0.1) is 11.4 Å². The van der Waals surface area contributed by atoms with Crippen molar-refractivity contribution >= 4 is 35.6 Å². The summed E-state index contributed by atoms with van der Waals surface area (Å²) < 4.78 is 28.3. The van der Waals surface area contributed by atoms with Crippen LogP contribution in [0.2, 0.25) is 0 Å². The monoisotopic (exact) mass is 566 g/mol. The Morgan fingerprint density at radius 2 is 1.79 bits per heavy atom. The first-order valence-electron chi connectivity index (χ1n) is 10.9. The SMILES string of the molecule is CN=C(NCCc1ccn(-c2ccc(F)cc2)n1)NC1CCN(c2cccc(F)c2)CC1.I. The summed E-state index contributed by atoms with van der Waals surface area (Å²) in [6.45, 7) is 2.44. The first kappa shape index (κ1) is 24.9. The Kier molecular flexibility index (Phi) is 9.04. The normalized spacial score (nSPS) is 14.6. The van der Waals surface area contributed by atoms with Gasteiger partial charge in [-0.15, -0.1) is 24.0 Å². The van der Waals surface area contributed by atoms with E-state index in [1.165, 1.54) is 18.2 Å². The number of halogens is 3. The lowest BCUT2D eigenvalue weighted by molar-refractivity contribution is 0.461. The van der Waals surface area contributed by atoms with Crippen molar-refractivity contribution in [3.63, 3.8) is 0 Å². The number of piperidine rings is 1. The maximum absolute atomic E-state index is 13.5. The fraction of sp³-hybridized carbons (Fsp3) is 0.333. The number of benzene rings is 2. The second-order valence-electron chi connectivity index (χ2n) is 7.86. The van der Waals surface area contributed by atoms with Crippen LogP contribution in [-0.4, -0.2) is 48.5 Å². The standard InChI is InChI=1S/C24H28F2N6.HI/c1-27-24(29-20-10-14-31(15-11-20)23-4-2-3-19(26)17-23)28-13-9-21-12-16-32(30-21)22-7-5-18(25)6-8-22;/h2-8,12,16-17,20H,9-11,13-15H2,1H3,(H2,27,28,29);1H. The summed E-state index contributed by atoms with van der Waals surface area (Å²) in [4.78, 5) is 6.55. The molecule has 0 unspecified atom stereocenters. The summed E-state index contributed by atoms with van der Waals surface area (Å²) in [7, 11) is 1.76. The highest BCUT2D eigenvalue weighted by Gasteiger charge is 2.20. The van der Waals surface area contributed by atoms with E-state index < -0.39 is 0 Å². The number of guanidine groups is 1. The Bertz CT molecular complexity index is 1050. The molecule has 9 heteroatoms. The summed E-state index contributed by atoms with van der Waals surface area (Å²) in [5, 5.41) is 11.4. The van der Waals surface area contributed by atoms with Gasteiger partial charge in [0.1, 0.15) is 11.6 Å². The maximum atomic E-state index is 13.5. The molecule has 2 N–H and O–H groups in total. The number of hydrogen-bond acceptors (Lipinski definition) is 3. The molecule has 2 aromatic carbocycles. The van der Waals surface area contributed by atoms with Crippen molar-refractivity contribution in [3.8, 4) is 5.69 Å². The van der Waals surface area contributed by atoms with Gasteiger partial charge < -0.3 is 15.5 Å². The highest BCUT2D eigenvalue weighted by atomic mass is 127. The summed E-state index contributed by atoms with van der Waals surface area (Å²) in [5.41, 5.74) is 2.71. The molecule has 0 bridgehead atoms. The van der Waals surface area contributed by atoms with Crippen molar-refractivity contribution in [2.75, 3.05) is 31.6 Å². The summed E-state index contributed by atoms with van der Waals surface area (Å²) in [6, 6.07) is 15.3. The van der Waals surface area contributed by atoms with Crippen molar-refractivity contribution < 1.29 is 8.78 Å². The lowest BCUT2D eigenvalue weighted by atomic mass is 10.0.